The van der Waals surface area contributed by atoms with Gasteiger partial charge in [0, 0.05) is 30.2 Å². The summed E-state index contributed by atoms with van der Waals surface area (Å²) in [4.78, 5) is 30.4. The number of nitrogens with one attached hydrogen (secondary N) is 1. The Morgan fingerprint density at radius 1 is 1.15 bits per heavy atom. The van der Waals surface area contributed by atoms with Crippen molar-refractivity contribution in [3.63, 3.8) is 0 Å². The Bertz CT molecular complexity index is 806. The van der Waals surface area contributed by atoms with Crippen LogP contribution in [0.3, 0.4) is 0 Å². The number of benzene rings is 1. The van der Waals surface area contributed by atoms with Crippen molar-refractivity contribution >= 4 is 40.8 Å². The fourth-order valence-electron chi connectivity index (χ4n) is 2.86. The predicted octanol–water partition coefficient (Wildman–Crippen LogP) is 3.64. The van der Waals surface area contributed by atoms with Crippen LogP contribution in [0, 0.1) is 5.92 Å². The number of ether oxygens (including phenoxy) is 1. The zero-order valence-corrected chi connectivity index (χ0v) is 16.0. The zero-order chi connectivity index (χ0) is 19.2. The van der Waals surface area contributed by atoms with E-state index < -0.39 is 0 Å². The minimum atomic E-state index is -0.152. The average Bonchev–Trinajstić information content (AvgIpc) is 2.68. The van der Waals surface area contributed by atoms with Crippen molar-refractivity contribution in [2.75, 3.05) is 25.0 Å². The maximum Gasteiger partial charge on any atom is 0.260 e. The monoisotopic (exact) mass is 407 g/mol. The maximum absolute atomic E-state index is 12.3. The minimum absolute atomic E-state index is 0.0497. The molecule has 0 radical (unpaired) electrons. The van der Waals surface area contributed by atoms with E-state index in [1.54, 1.807) is 41.3 Å². The molecule has 2 aromatic rings. The first kappa shape index (κ1) is 19.5. The highest BCUT2D eigenvalue weighted by atomic mass is 35.5. The first-order chi connectivity index (χ1) is 13.0. The van der Waals surface area contributed by atoms with Gasteiger partial charge >= 0.3 is 0 Å². The van der Waals surface area contributed by atoms with Crippen molar-refractivity contribution < 1.29 is 14.3 Å². The number of piperidine rings is 1. The first-order valence-electron chi connectivity index (χ1n) is 8.60. The van der Waals surface area contributed by atoms with E-state index in [0.29, 0.717) is 47.5 Å². The lowest BCUT2D eigenvalue weighted by molar-refractivity contribution is -0.136. The Balaban J connectivity index is 1.44. The van der Waals surface area contributed by atoms with Gasteiger partial charge in [0.15, 0.2) is 6.61 Å². The number of aromatic nitrogens is 1. The number of anilines is 1. The van der Waals surface area contributed by atoms with Gasteiger partial charge in [0.2, 0.25) is 5.91 Å². The maximum atomic E-state index is 12.3. The summed E-state index contributed by atoms with van der Waals surface area (Å²) in [6, 6.07) is 10.3. The number of pyridine rings is 1. The van der Waals surface area contributed by atoms with Crippen molar-refractivity contribution in [1.29, 1.82) is 0 Å². The molecule has 1 saturated heterocycles. The molecule has 0 spiro atoms. The van der Waals surface area contributed by atoms with E-state index in [9.17, 15) is 9.59 Å². The third-order valence-electron chi connectivity index (χ3n) is 4.36. The number of hydrogen-bond acceptors (Lipinski definition) is 4. The number of carbonyl (C=O) groups excluding carboxylic acids is 2. The summed E-state index contributed by atoms with van der Waals surface area (Å²) in [5.74, 6) is 0.680. The standard InChI is InChI=1S/C19H19Cl2N3O3/c20-14-2-1-3-16(10-14)27-12-18(25)24-8-6-13(7-9-24)19(26)23-17-5-4-15(21)11-22-17/h1-5,10-11,13H,6-9,12H2,(H,22,23,26). The molecule has 142 valence electrons. The Labute approximate surface area is 167 Å². The minimum Gasteiger partial charge on any atom is -0.484 e. The first-order valence-corrected chi connectivity index (χ1v) is 9.35. The summed E-state index contributed by atoms with van der Waals surface area (Å²) in [5.41, 5.74) is 0. The normalized spacial score (nSPS) is 14.7. The summed E-state index contributed by atoms with van der Waals surface area (Å²) in [6.07, 6.45) is 2.68. The molecule has 8 heteroatoms. The lowest BCUT2D eigenvalue weighted by atomic mass is 9.96. The van der Waals surface area contributed by atoms with E-state index in [1.807, 2.05) is 0 Å². The molecule has 1 fully saturated rings. The molecule has 3 rings (SSSR count). The Kier molecular flexibility index (Phi) is 6.53. The van der Waals surface area contributed by atoms with Crippen molar-refractivity contribution in [2.45, 2.75) is 12.8 Å². The largest absolute Gasteiger partial charge is 0.484 e. The van der Waals surface area contributed by atoms with Gasteiger partial charge in [-0.15, -0.1) is 0 Å². The topological polar surface area (TPSA) is 71.5 Å². The van der Waals surface area contributed by atoms with Gasteiger partial charge in [0.1, 0.15) is 11.6 Å². The Morgan fingerprint density at radius 2 is 1.93 bits per heavy atom. The molecule has 0 unspecified atom stereocenters. The molecule has 1 aromatic heterocycles. The van der Waals surface area contributed by atoms with E-state index in [-0.39, 0.29) is 24.3 Å². The molecule has 2 heterocycles. The lowest BCUT2D eigenvalue weighted by Crippen LogP contribution is -2.43. The van der Waals surface area contributed by atoms with Gasteiger partial charge < -0.3 is 15.0 Å². The van der Waals surface area contributed by atoms with Gasteiger partial charge in [-0.2, -0.15) is 0 Å². The van der Waals surface area contributed by atoms with Crippen LogP contribution < -0.4 is 10.1 Å². The predicted molar refractivity (Wildman–Crippen MR) is 104 cm³/mol. The van der Waals surface area contributed by atoms with Gasteiger partial charge in [-0.1, -0.05) is 29.3 Å². The second-order valence-electron chi connectivity index (χ2n) is 6.25. The van der Waals surface area contributed by atoms with Crippen molar-refractivity contribution in [1.82, 2.24) is 9.88 Å². The van der Waals surface area contributed by atoms with E-state index in [4.69, 9.17) is 27.9 Å². The SMILES string of the molecule is O=C(Nc1ccc(Cl)cn1)C1CCN(C(=O)COc2cccc(Cl)c2)CC1. The smallest absolute Gasteiger partial charge is 0.260 e. The van der Waals surface area contributed by atoms with Crippen molar-refractivity contribution in [3.8, 4) is 5.75 Å². The van der Waals surface area contributed by atoms with Gasteiger partial charge in [0.25, 0.3) is 5.91 Å². The van der Waals surface area contributed by atoms with Crippen LogP contribution in [0.15, 0.2) is 42.6 Å². The Morgan fingerprint density at radius 3 is 2.59 bits per heavy atom. The van der Waals surface area contributed by atoms with E-state index >= 15 is 0 Å². The van der Waals surface area contributed by atoms with Crippen molar-refractivity contribution in [2.24, 2.45) is 5.92 Å². The Hall–Kier alpha value is -2.31. The molecule has 2 amide bonds. The molecule has 6 nitrogen and oxygen atoms in total. The number of carbonyl (C=O) groups is 2. The van der Waals surface area contributed by atoms with E-state index in [0.717, 1.165) is 0 Å². The summed E-state index contributed by atoms with van der Waals surface area (Å²) in [5, 5.41) is 3.86. The number of halogens is 2. The molecule has 1 aliphatic heterocycles. The summed E-state index contributed by atoms with van der Waals surface area (Å²) >= 11 is 11.7. The third-order valence-corrected chi connectivity index (χ3v) is 4.81. The number of rotatable bonds is 5. The van der Waals surface area contributed by atoms with Crippen LogP contribution >= 0.6 is 23.2 Å². The van der Waals surface area contributed by atoms with Crippen LogP contribution in [-0.2, 0) is 9.59 Å². The molecule has 1 aromatic carbocycles. The van der Waals surface area contributed by atoms with Crippen LogP contribution in [0.4, 0.5) is 5.82 Å². The molecule has 1 N–H and O–H groups in total. The molecule has 0 bridgehead atoms. The second kappa shape index (κ2) is 9.06. The number of amides is 2. The van der Waals surface area contributed by atoms with Crippen LogP contribution in [-0.4, -0.2) is 41.4 Å². The number of likely N-dealkylation sites (tertiary alicyclic amines) is 1. The molecule has 0 atom stereocenters. The van der Waals surface area contributed by atoms with Crippen LogP contribution in [0.25, 0.3) is 0 Å². The van der Waals surface area contributed by atoms with Gasteiger partial charge in [-0.05, 0) is 43.2 Å². The van der Waals surface area contributed by atoms with Gasteiger partial charge in [-0.25, -0.2) is 4.98 Å². The average molecular weight is 408 g/mol. The summed E-state index contributed by atoms with van der Waals surface area (Å²) in [7, 11) is 0. The van der Waals surface area contributed by atoms with Crippen LogP contribution in [0.2, 0.25) is 10.0 Å². The highest BCUT2D eigenvalue weighted by Crippen LogP contribution is 2.21. The third kappa shape index (κ3) is 5.58. The van der Waals surface area contributed by atoms with Crippen LogP contribution in [0.5, 0.6) is 5.75 Å². The van der Waals surface area contributed by atoms with Gasteiger partial charge in [0.05, 0.1) is 5.02 Å². The molecular formula is C19H19Cl2N3O3. The van der Waals surface area contributed by atoms with Gasteiger partial charge in [-0.3, -0.25) is 9.59 Å². The molecule has 0 saturated carbocycles. The second-order valence-corrected chi connectivity index (χ2v) is 7.12. The fraction of sp³-hybridized carbons (Fsp3) is 0.316. The highest BCUT2D eigenvalue weighted by Gasteiger charge is 2.27. The van der Waals surface area contributed by atoms with Crippen LogP contribution in [0.1, 0.15) is 12.8 Å². The van der Waals surface area contributed by atoms with E-state index in [1.165, 1.54) is 6.20 Å². The molecule has 0 aliphatic carbocycles. The van der Waals surface area contributed by atoms with Crippen molar-refractivity contribution in [3.05, 3.63) is 52.6 Å². The fourth-order valence-corrected chi connectivity index (χ4v) is 3.15. The van der Waals surface area contributed by atoms with E-state index in [2.05, 4.69) is 10.3 Å². The molecular weight excluding hydrogens is 389 g/mol. The summed E-state index contributed by atoms with van der Waals surface area (Å²) < 4.78 is 5.49. The zero-order valence-electron chi connectivity index (χ0n) is 14.5. The number of nitrogens with zero attached hydrogens (tertiary/aromatic N) is 2. The summed E-state index contributed by atoms with van der Waals surface area (Å²) in [6.45, 7) is 0.986. The molecule has 1 aliphatic rings. The highest BCUT2D eigenvalue weighted by molar-refractivity contribution is 6.30. The quantitative estimate of drug-likeness (QED) is 0.820. The molecule has 27 heavy (non-hydrogen) atoms. The number of hydrogen-bond donors (Lipinski definition) is 1. The lowest BCUT2D eigenvalue weighted by Gasteiger charge is -2.31.